The third-order valence-corrected chi connectivity index (χ3v) is 6.01. The molecule has 0 aliphatic heterocycles. The predicted molar refractivity (Wildman–Crippen MR) is 88.9 cm³/mol. The van der Waals surface area contributed by atoms with E-state index < -0.39 is 0 Å². The number of hydrogen-bond donors (Lipinski definition) is 0. The van der Waals surface area contributed by atoms with Crippen LogP contribution < -0.4 is 10.6 Å². The van der Waals surface area contributed by atoms with Crippen LogP contribution in [0.15, 0.2) is 24.3 Å². The van der Waals surface area contributed by atoms with Crippen LogP contribution in [0.25, 0.3) is 0 Å². The molecule has 0 aliphatic rings. The SMILES string of the molecule is Cc1ccc(Pc2ccc(C)c(C)c2C)c(C)c1C. The normalized spacial score (nSPS) is 10.8. The summed E-state index contributed by atoms with van der Waals surface area (Å²) in [5.41, 5.74) is 8.57. The topological polar surface area (TPSA) is 0 Å². The van der Waals surface area contributed by atoms with Gasteiger partial charge in [0.05, 0.1) is 0 Å². The predicted octanol–water partition coefficient (Wildman–Crippen LogP) is 4.17. The lowest BCUT2D eigenvalue weighted by atomic mass is 10.0. The van der Waals surface area contributed by atoms with Crippen LogP contribution in [0.3, 0.4) is 0 Å². The molecular weight excluding hydrogens is 247 g/mol. The van der Waals surface area contributed by atoms with Crippen LogP contribution in [0.1, 0.15) is 33.4 Å². The fraction of sp³-hybridized carbons (Fsp3) is 0.333. The van der Waals surface area contributed by atoms with Crippen LogP contribution in [0.2, 0.25) is 0 Å². The van der Waals surface area contributed by atoms with E-state index in [1.54, 1.807) is 0 Å². The lowest BCUT2D eigenvalue weighted by Gasteiger charge is -2.15. The summed E-state index contributed by atoms with van der Waals surface area (Å²) >= 11 is 0. The number of benzene rings is 2. The van der Waals surface area contributed by atoms with E-state index in [2.05, 4.69) is 65.8 Å². The van der Waals surface area contributed by atoms with Crippen LogP contribution in [0.4, 0.5) is 0 Å². The van der Waals surface area contributed by atoms with E-state index in [1.165, 1.54) is 44.0 Å². The summed E-state index contributed by atoms with van der Waals surface area (Å²) in [6.45, 7) is 13.3. The minimum Gasteiger partial charge on any atom is -0.0585 e. The van der Waals surface area contributed by atoms with E-state index in [0.29, 0.717) is 0 Å². The lowest BCUT2D eigenvalue weighted by Crippen LogP contribution is -2.12. The van der Waals surface area contributed by atoms with Gasteiger partial charge in [-0.05, 0) is 85.5 Å². The summed E-state index contributed by atoms with van der Waals surface area (Å²) in [5.74, 6) is 0. The summed E-state index contributed by atoms with van der Waals surface area (Å²) in [4.78, 5) is 0. The van der Waals surface area contributed by atoms with Crippen LogP contribution in [-0.2, 0) is 0 Å². The first-order valence-electron chi connectivity index (χ1n) is 6.82. The molecule has 0 aromatic heterocycles. The second-order valence-electron chi connectivity index (χ2n) is 5.49. The molecule has 0 atom stereocenters. The maximum absolute atomic E-state index is 2.30. The number of rotatable bonds is 2. The maximum atomic E-state index is 2.30. The highest BCUT2D eigenvalue weighted by molar-refractivity contribution is 7.55. The van der Waals surface area contributed by atoms with Crippen LogP contribution >= 0.6 is 8.58 Å². The molecule has 0 amide bonds. The Morgan fingerprint density at radius 2 is 0.895 bits per heavy atom. The Balaban J connectivity index is 2.43. The van der Waals surface area contributed by atoms with E-state index in [9.17, 15) is 0 Å². The van der Waals surface area contributed by atoms with Gasteiger partial charge >= 0.3 is 0 Å². The van der Waals surface area contributed by atoms with Gasteiger partial charge < -0.3 is 0 Å². The van der Waals surface area contributed by atoms with Crippen molar-refractivity contribution in [3.63, 3.8) is 0 Å². The number of aryl methyl sites for hydroxylation is 2. The van der Waals surface area contributed by atoms with Crippen molar-refractivity contribution in [3.8, 4) is 0 Å². The molecule has 0 saturated carbocycles. The monoisotopic (exact) mass is 270 g/mol. The van der Waals surface area contributed by atoms with Crippen molar-refractivity contribution in [1.82, 2.24) is 0 Å². The second kappa shape index (κ2) is 5.47. The van der Waals surface area contributed by atoms with Gasteiger partial charge in [-0.1, -0.05) is 32.8 Å². The molecule has 1 heteroatoms. The summed E-state index contributed by atoms with van der Waals surface area (Å²) < 4.78 is 0. The zero-order chi connectivity index (χ0) is 14.2. The Morgan fingerprint density at radius 1 is 0.526 bits per heavy atom. The zero-order valence-corrected chi connectivity index (χ0v) is 13.8. The van der Waals surface area contributed by atoms with E-state index in [-0.39, 0.29) is 0 Å². The molecule has 0 nitrogen and oxygen atoms in total. The van der Waals surface area contributed by atoms with Gasteiger partial charge in [0.15, 0.2) is 0 Å². The van der Waals surface area contributed by atoms with Crippen LogP contribution in [0.5, 0.6) is 0 Å². The minimum atomic E-state index is 0.760. The number of hydrogen-bond acceptors (Lipinski definition) is 0. The Labute approximate surface area is 119 Å². The van der Waals surface area contributed by atoms with E-state index in [0.717, 1.165) is 8.58 Å². The van der Waals surface area contributed by atoms with Crippen molar-refractivity contribution in [3.05, 3.63) is 57.6 Å². The van der Waals surface area contributed by atoms with Gasteiger partial charge in [-0.25, -0.2) is 0 Å². The van der Waals surface area contributed by atoms with E-state index in [1.807, 2.05) is 0 Å². The van der Waals surface area contributed by atoms with E-state index in [4.69, 9.17) is 0 Å². The fourth-order valence-corrected chi connectivity index (χ4v) is 3.70. The zero-order valence-electron chi connectivity index (χ0n) is 12.8. The molecule has 0 aliphatic carbocycles. The van der Waals surface area contributed by atoms with Crippen molar-refractivity contribution >= 4 is 19.2 Å². The molecule has 2 aromatic carbocycles. The summed E-state index contributed by atoms with van der Waals surface area (Å²) in [6, 6.07) is 9.09. The molecule has 0 unspecified atom stereocenters. The molecule has 0 heterocycles. The average Bonchev–Trinajstić information content (AvgIpc) is 2.39. The molecule has 100 valence electrons. The highest BCUT2D eigenvalue weighted by atomic mass is 31.1. The third kappa shape index (κ3) is 2.74. The first-order valence-corrected chi connectivity index (χ1v) is 7.82. The van der Waals surface area contributed by atoms with Gasteiger partial charge in [-0.15, -0.1) is 0 Å². The minimum absolute atomic E-state index is 0.760. The maximum Gasteiger partial charge on any atom is -0.0194 e. The molecule has 0 fully saturated rings. The quantitative estimate of drug-likeness (QED) is 0.719. The van der Waals surface area contributed by atoms with Crippen molar-refractivity contribution in [1.29, 1.82) is 0 Å². The smallest absolute Gasteiger partial charge is 0.0194 e. The summed E-state index contributed by atoms with van der Waals surface area (Å²) in [5, 5.41) is 2.96. The van der Waals surface area contributed by atoms with Gasteiger partial charge in [0, 0.05) is 0 Å². The van der Waals surface area contributed by atoms with Gasteiger partial charge in [0.2, 0.25) is 0 Å². The van der Waals surface area contributed by atoms with Crippen molar-refractivity contribution in [2.75, 3.05) is 0 Å². The molecule has 2 rings (SSSR count). The summed E-state index contributed by atoms with van der Waals surface area (Å²) in [7, 11) is 0.760. The second-order valence-corrected chi connectivity index (χ2v) is 6.81. The molecule has 0 N–H and O–H groups in total. The Hall–Kier alpha value is -1.13. The molecule has 0 spiro atoms. The molecule has 0 radical (unpaired) electrons. The Bertz CT molecular complexity index is 569. The molecule has 2 aromatic rings. The van der Waals surface area contributed by atoms with Crippen molar-refractivity contribution in [2.24, 2.45) is 0 Å². The molecule has 0 saturated heterocycles. The molecule has 0 bridgehead atoms. The lowest BCUT2D eigenvalue weighted by molar-refractivity contribution is 1.28. The van der Waals surface area contributed by atoms with E-state index >= 15 is 0 Å². The average molecular weight is 270 g/mol. The highest BCUT2D eigenvalue weighted by Crippen LogP contribution is 2.22. The third-order valence-electron chi connectivity index (χ3n) is 4.39. The standard InChI is InChI=1S/C18H23P/c1-11-7-9-17(15(5)13(11)3)19-18-10-8-12(2)14(4)16(18)6/h7-10,19H,1-6H3. The van der Waals surface area contributed by atoms with Gasteiger partial charge in [0.25, 0.3) is 0 Å². The highest BCUT2D eigenvalue weighted by Gasteiger charge is 2.08. The van der Waals surface area contributed by atoms with Crippen LogP contribution in [0, 0.1) is 41.5 Å². The van der Waals surface area contributed by atoms with Crippen LogP contribution in [-0.4, -0.2) is 0 Å². The molecular formula is C18H23P. The molecule has 19 heavy (non-hydrogen) atoms. The van der Waals surface area contributed by atoms with Gasteiger partial charge in [0.1, 0.15) is 0 Å². The van der Waals surface area contributed by atoms with Gasteiger partial charge in [-0.2, -0.15) is 0 Å². The first-order chi connectivity index (χ1) is 8.91. The largest absolute Gasteiger partial charge is 0.0585 e. The van der Waals surface area contributed by atoms with Crippen molar-refractivity contribution < 1.29 is 0 Å². The summed E-state index contributed by atoms with van der Waals surface area (Å²) in [6.07, 6.45) is 0. The first kappa shape index (κ1) is 14.3. The Kier molecular flexibility index (Phi) is 4.11. The van der Waals surface area contributed by atoms with Crippen molar-refractivity contribution in [2.45, 2.75) is 41.5 Å². The Morgan fingerprint density at radius 3 is 1.26 bits per heavy atom. The fourth-order valence-electron chi connectivity index (χ4n) is 2.33. The van der Waals surface area contributed by atoms with Gasteiger partial charge in [-0.3, -0.25) is 0 Å².